The number of rotatable bonds is 3. The van der Waals surface area contributed by atoms with Gasteiger partial charge in [-0.05, 0) is 20.3 Å². The Morgan fingerprint density at radius 1 is 1.53 bits per heavy atom. The molecule has 6 heteroatoms. The van der Waals surface area contributed by atoms with E-state index in [1.165, 1.54) is 13.8 Å². The molecule has 0 aromatic carbocycles. The lowest BCUT2D eigenvalue weighted by Crippen LogP contribution is -2.69. The van der Waals surface area contributed by atoms with E-state index in [-0.39, 0.29) is 6.42 Å². The third kappa shape index (κ3) is 1.42. The molecule has 0 saturated carbocycles. The lowest BCUT2D eigenvalue weighted by atomic mass is 10.1. The first-order valence-electron chi connectivity index (χ1n) is 4.76. The number of sulfonamides is 1. The fourth-order valence-electron chi connectivity index (χ4n) is 1.55. The number of carbonyl (C=O) groups excluding carboxylic acids is 1. The molecule has 0 N–H and O–H groups in total. The van der Waals surface area contributed by atoms with Crippen LogP contribution >= 0.6 is 0 Å². The summed E-state index contributed by atoms with van der Waals surface area (Å²) in [6, 6.07) is 1.38. The summed E-state index contributed by atoms with van der Waals surface area (Å²) in [6.07, 6.45) is 0.520. The first-order valence-corrected chi connectivity index (χ1v) is 6.20. The molecule has 0 aliphatic carbocycles. The van der Waals surface area contributed by atoms with E-state index in [9.17, 15) is 13.2 Å². The highest BCUT2D eigenvalue weighted by atomic mass is 32.2. The smallest absolute Gasteiger partial charge is 0.259 e. The number of nitrogens with zero attached hydrogens (tertiary/aromatic N) is 2. The number of carbonyl (C=O) groups is 1. The largest absolute Gasteiger partial charge is 0.272 e. The maximum absolute atomic E-state index is 11.8. The lowest BCUT2D eigenvalue weighted by molar-refractivity contribution is -0.134. The minimum Gasteiger partial charge on any atom is -0.272 e. The zero-order valence-electron chi connectivity index (χ0n) is 9.02. The number of nitriles is 1. The summed E-state index contributed by atoms with van der Waals surface area (Å²) < 4.78 is 23.0. The van der Waals surface area contributed by atoms with Crippen molar-refractivity contribution in [2.75, 3.05) is 0 Å². The molecule has 0 radical (unpaired) electrons. The minimum absolute atomic E-state index is 0.0531. The quantitative estimate of drug-likeness (QED) is 0.712. The van der Waals surface area contributed by atoms with Gasteiger partial charge in [0.05, 0.1) is 18.5 Å². The van der Waals surface area contributed by atoms with E-state index in [0.29, 0.717) is 6.42 Å². The standard InChI is InChI=1S/C9H14N2O3S/c1-4-7(5-6-10)11-8(12)9(2,3)15(11,13)14/h7H,4-5H2,1-3H3. The highest BCUT2D eigenvalue weighted by molar-refractivity contribution is 7.94. The molecular formula is C9H14N2O3S. The van der Waals surface area contributed by atoms with Crippen molar-refractivity contribution < 1.29 is 13.2 Å². The van der Waals surface area contributed by atoms with Gasteiger partial charge >= 0.3 is 0 Å². The van der Waals surface area contributed by atoms with Crippen molar-refractivity contribution in [3.63, 3.8) is 0 Å². The van der Waals surface area contributed by atoms with Crippen LogP contribution in [0.25, 0.3) is 0 Å². The fraction of sp³-hybridized carbons (Fsp3) is 0.778. The summed E-state index contributed by atoms with van der Waals surface area (Å²) in [5, 5.41) is 8.54. The van der Waals surface area contributed by atoms with E-state index < -0.39 is 26.7 Å². The summed E-state index contributed by atoms with van der Waals surface area (Å²) in [5.41, 5.74) is 0. The van der Waals surface area contributed by atoms with E-state index in [1.807, 2.05) is 6.07 Å². The van der Waals surface area contributed by atoms with E-state index in [4.69, 9.17) is 5.26 Å². The molecule has 0 spiro atoms. The molecule has 1 rings (SSSR count). The molecule has 1 amide bonds. The van der Waals surface area contributed by atoms with Crippen molar-refractivity contribution in [1.82, 2.24) is 4.31 Å². The van der Waals surface area contributed by atoms with E-state index in [0.717, 1.165) is 4.31 Å². The third-order valence-corrected chi connectivity index (χ3v) is 5.20. The summed E-state index contributed by atoms with van der Waals surface area (Å²) >= 11 is 0. The zero-order valence-corrected chi connectivity index (χ0v) is 9.84. The van der Waals surface area contributed by atoms with Crippen LogP contribution in [0.15, 0.2) is 0 Å². The SMILES string of the molecule is CCC(CC#N)N1C(=O)C(C)(C)S1(=O)=O. The number of hydrogen-bond donors (Lipinski definition) is 0. The van der Waals surface area contributed by atoms with E-state index in [1.54, 1.807) is 6.92 Å². The second-order valence-corrected chi connectivity index (χ2v) is 6.40. The van der Waals surface area contributed by atoms with Gasteiger partial charge in [0.25, 0.3) is 15.9 Å². The monoisotopic (exact) mass is 230 g/mol. The Balaban J connectivity index is 3.02. The number of amides is 1. The van der Waals surface area contributed by atoms with Crippen molar-refractivity contribution in [2.45, 2.75) is 44.4 Å². The van der Waals surface area contributed by atoms with Crippen LogP contribution in [0.4, 0.5) is 0 Å². The lowest BCUT2D eigenvalue weighted by Gasteiger charge is -2.46. The first-order chi connectivity index (χ1) is 6.80. The number of hydrogen-bond acceptors (Lipinski definition) is 4. The molecular weight excluding hydrogens is 216 g/mol. The maximum atomic E-state index is 11.8. The van der Waals surface area contributed by atoms with Gasteiger partial charge in [0.15, 0.2) is 4.75 Å². The Morgan fingerprint density at radius 3 is 2.40 bits per heavy atom. The van der Waals surface area contributed by atoms with Crippen molar-refractivity contribution in [1.29, 1.82) is 5.26 Å². The van der Waals surface area contributed by atoms with E-state index >= 15 is 0 Å². The summed E-state index contributed by atoms with van der Waals surface area (Å²) in [4.78, 5) is 11.6. The molecule has 0 aromatic heterocycles. The van der Waals surface area contributed by atoms with Gasteiger partial charge in [-0.15, -0.1) is 0 Å². The Bertz CT molecular complexity index is 419. The van der Waals surface area contributed by atoms with Crippen LogP contribution in [-0.2, 0) is 14.8 Å². The maximum Gasteiger partial charge on any atom is 0.259 e. The van der Waals surface area contributed by atoms with Gasteiger partial charge in [-0.3, -0.25) is 4.79 Å². The Kier molecular flexibility index (Phi) is 2.79. The highest BCUT2D eigenvalue weighted by Crippen LogP contribution is 2.37. The fourth-order valence-corrected chi connectivity index (χ4v) is 3.29. The predicted octanol–water partition coefficient (Wildman–Crippen LogP) is 0.629. The van der Waals surface area contributed by atoms with Crippen molar-refractivity contribution >= 4 is 15.9 Å². The van der Waals surface area contributed by atoms with Crippen LogP contribution in [0.3, 0.4) is 0 Å². The van der Waals surface area contributed by atoms with Crippen molar-refractivity contribution in [3.8, 4) is 6.07 Å². The minimum atomic E-state index is -3.55. The van der Waals surface area contributed by atoms with Crippen molar-refractivity contribution in [3.05, 3.63) is 0 Å². The first kappa shape index (κ1) is 12.0. The molecule has 0 bridgehead atoms. The van der Waals surface area contributed by atoms with Gasteiger partial charge in [0.1, 0.15) is 0 Å². The van der Waals surface area contributed by atoms with Crippen LogP contribution in [-0.4, -0.2) is 29.4 Å². The Labute approximate surface area is 89.7 Å². The van der Waals surface area contributed by atoms with Gasteiger partial charge < -0.3 is 0 Å². The second kappa shape index (κ2) is 3.49. The molecule has 1 unspecified atom stereocenters. The Morgan fingerprint density at radius 2 is 2.07 bits per heavy atom. The molecule has 1 aliphatic rings. The molecule has 1 fully saturated rings. The summed E-state index contributed by atoms with van der Waals surface area (Å²) in [6.45, 7) is 4.54. The average molecular weight is 230 g/mol. The normalized spacial score (nSPS) is 24.1. The third-order valence-electron chi connectivity index (χ3n) is 2.75. The van der Waals surface area contributed by atoms with Crippen molar-refractivity contribution in [2.24, 2.45) is 0 Å². The second-order valence-electron chi connectivity index (χ2n) is 4.04. The molecule has 1 heterocycles. The van der Waals surface area contributed by atoms with Crippen LogP contribution < -0.4 is 0 Å². The molecule has 15 heavy (non-hydrogen) atoms. The topological polar surface area (TPSA) is 78.2 Å². The summed E-state index contributed by atoms with van der Waals surface area (Å²) in [7, 11) is -3.55. The van der Waals surface area contributed by atoms with Gasteiger partial charge in [-0.1, -0.05) is 6.92 Å². The molecule has 1 aliphatic heterocycles. The van der Waals surface area contributed by atoms with Gasteiger partial charge in [0, 0.05) is 0 Å². The van der Waals surface area contributed by atoms with Crippen LogP contribution in [0.2, 0.25) is 0 Å². The highest BCUT2D eigenvalue weighted by Gasteiger charge is 2.61. The van der Waals surface area contributed by atoms with Crippen LogP contribution in [0.1, 0.15) is 33.6 Å². The zero-order chi connectivity index (χ0) is 11.9. The van der Waals surface area contributed by atoms with Gasteiger partial charge in [-0.2, -0.15) is 5.26 Å². The Hall–Kier alpha value is -1.09. The van der Waals surface area contributed by atoms with Gasteiger partial charge in [-0.25, -0.2) is 12.7 Å². The summed E-state index contributed by atoms with van der Waals surface area (Å²) in [5.74, 6) is -0.412. The molecule has 84 valence electrons. The molecule has 1 atom stereocenters. The average Bonchev–Trinajstić information content (AvgIpc) is 2.16. The van der Waals surface area contributed by atoms with E-state index in [2.05, 4.69) is 0 Å². The molecule has 0 aromatic rings. The van der Waals surface area contributed by atoms with Crippen LogP contribution in [0.5, 0.6) is 0 Å². The van der Waals surface area contributed by atoms with Crippen LogP contribution in [0, 0.1) is 11.3 Å². The molecule has 5 nitrogen and oxygen atoms in total. The molecule has 1 saturated heterocycles. The predicted molar refractivity (Wildman–Crippen MR) is 54.2 cm³/mol. The van der Waals surface area contributed by atoms with Gasteiger partial charge in [0.2, 0.25) is 0 Å².